The minimum Gasteiger partial charge on any atom is -0.744 e. The van der Waals surface area contributed by atoms with Gasteiger partial charge in [-0.1, -0.05) is 0 Å². The molecule has 0 bridgehead atoms. The van der Waals surface area contributed by atoms with Gasteiger partial charge >= 0.3 is 88.7 Å². The Bertz CT molecular complexity index is 1530. The van der Waals surface area contributed by atoms with Gasteiger partial charge in [-0.3, -0.25) is 9.89 Å². The van der Waals surface area contributed by atoms with Crippen LogP contribution in [0.1, 0.15) is 16.1 Å². The molecule has 1 heterocycles. The number of nitrogens with one attached hydrogen (secondary N) is 1. The summed E-state index contributed by atoms with van der Waals surface area (Å²) in [6.07, 6.45) is 0. The minimum absolute atomic E-state index is 0. The van der Waals surface area contributed by atoms with E-state index in [1.165, 1.54) is 19.1 Å². The van der Waals surface area contributed by atoms with Crippen molar-refractivity contribution in [3.05, 3.63) is 64.1 Å². The Morgan fingerprint density at radius 3 is 1.89 bits per heavy atom. The predicted octanol–water partition coefficient (Wildman–Crippen LogP) is -8.93. The van der Waals surface area contributed by atoms with Crippen LogP contribution in [0.3, 0.4) is 0 Å². The Kier molecular flexibility index (Phi) is 13.0. The van der Waals surface area contributed by atoms with Crippen molar-refractivity contribution >= 4 is 37.6 Å². The van der Waals surface area contributed by atoms with Crippen molar-refractivity contribution in [3.63, 3.8) is 0 Å². The smallest absolute Gasteiger partial charge is 0.744 e. The first-order chi connectivity index (χ1) is 14.8. The van der Waals surface area contributed by atoms with Crippen LogP contribution in [0.25, 0.3) is 5.69 Å². The molecule has 0 spiro atoms. The second-order valence-electron chi connectivity index (χ2n) is 6.29. The van der Waals surface area contributed by atoms with Crippen molar-refractivity contribution in [2.45, 2.75) is 16.7 Å². The van der Waals surface area contributed by atoms with Crippen LogP contribution in [0.4, 0.5) is 11.4 Å². The van der Waals surface area contributed by atoms with Crippen LogP contribution in [-0.4, -0.2) is 41.7 Å². The number of nitrogens with zero attached hydrogens (tertiary/aromatic N) is 3. The Labute approximate surface area is 265 Å². The van der Waals surface area contributed by atoms with E-state index in [1.807, 2.05) is 0 Å². The van der Waals surface area contributed by atoms with Crippen LogP contribution in [0.15, 0.2) is 67.3 Å². The largest absolute Gasteiger partial charge is 1.00 e. The number of aromatic carboxylic acids is 1. The number of benzene rings is 2. The number of H-pyrrole nitrogens is 1. The third-order valence-corrected chi connectivity index (χ3v) is 5.84. The molecule has 0 saturated heterocycles. The van der Waals surface area contributed by atoms with Gasteiger partial charge < -0.3 is 19.0 Å². The number of aromatic amines is 1. The van der Waals surface area contributed by atoms with Crippen LogP contribution in [-0.2, 0) is 20.2 Å². The zero-order chi connectivity index (χ0) is 23.8. The molecule has 18 heteroatoms. The van der Waals surface area contributed by atoms with Gasteiger partial charge in [0, 0.05) is 5.56 Å². The van der Waals surface area contributed by atoms with Gasteiger partial charge in [0.15, 0.2) is 5.69 Å². The molecule has 0 radical (unpaired) electrons. The Morgan fingerprint density at radius 1 is 0.886 bits per heavy atom. The van der Waals surface area contributed by atoms with Crippen LogP contribution in [0.5, 0.6) is 0 Å². The summed E-state index contributed by atoms with van der Waals surface area (Å²) in [6, 6.07) is 6.76. The summed E-state index contributed by atoms with van der Waals surface area (Å²) >= 11 is 0. The second-order valence-corrected chi connectivity index (χ2v) is 9.05. The average molecular weight is 548 g/mol. The Hall–Kier alpha value is -0.660. The number of carbonyl (C=O) groups excluding carboxylic acids is 1. The summed E-state index contributed by atoms with van der Waals surface area (Å²) in [4.78, 5) is 22.6. The van der Waals surface area contributed by atoms with Gasteiger partial charge in [-0.2, -0.15) is 0 Å². The zero-order valence-electron chi connectivity index (χ0n) is 18.9. The summed E-state index contributed by atoms with van der Waals surface area (Å²) in [6.45, 7) is 1.45. The van der Waals surface area contributed by atoms with Crippen LogP contribution >= 0.6 is 0 Å². The molecule has 168 valence electrons. The molecule has 0 amide bonds. The molecule has 0 aliphatic carbocycles. The van der Waals surface area contributed by atoms with E-state index >= 15 is 0 Å². The molecule has 0 aliphatic rings. The van der Waals surface area contributed by atoms with E-state index in [-0.39, 0.29) is 111 Å². The third kappa shape index (κ3) is 8.16. The molecular formula is C17H11N4Na3O9S2. The second kappa shape index (κ2) is 13.2. The summed E-state index contributed by atoms with van der Waals surface area (Å²) in [7, 11) is -9.59. The van der Waals surface area contributed by atoms with E-state index in [2.05, 4.69) is 15.3 Å². The summed E-state index contributed by atoms with van der Waals surface area (Å²) < 4.78 is 67.3. The number of hydrogen-bond donors (Lipinski definition) is 1. The van der Waals surface area contributed by atoms with Gasteiger partial charge in [-0.25, -0.2) is 21.5 Å². The van der Waals surface area contributed by atoms with Crippen molar-refractivity contribution < 1.29 is 125 Å². The molecule has 0 atom stereocenters. The standard InChI is InChI=1S/C17H14N4O9S2.3Na/c1-9-15(16(22)21(20-9)10-2-4-11(5-3-10)31(25,26)27)19-18-14-7-6-12(32(28,29)30)8-13(14)17(23)24;;;/h2-8,20H,1H3,(H,23,24)(H,25,26,27)(H,28,29,30);;;/q;3*+1/p-3. The molecule has 13 nitrogen and oxygen atoms in total. The first-order valence-corrected chi connectivity index (χ1v) is 11.2. The number of aromatic nitrogens is 2. The maximum Gasteiger partial charge on any atom is 1.00 e. The topological polar surface area (TPSA) is 217 Å². The number of hydrogen-bond acceptors (Lipinski definition) is 11. The summed E-state index contributed by atoms with van der Waals surface area (Å²) in [5, 5.41) is 21.3. The maximum atomic E-state index is 12.6. The summed E-state index contributed by atoms with van der Waals surface area (Å²) in [5.74, 6) is -1.82. The maximum absolute atomic E-state index is 12.6. The molecule has 3 aromatic rings. The normalized spacial score (nSPS) is 11.3. The van der Waals surface area contributed by atoms with Crippen molar-refractivity contribution in [1.82, 2.24) is 9.78 Å². The van der Waals surface area contributed by atoms with Crippen LogP contribution in [0, 0.1) is 6.92 Å². The molecule has 0 aliphatic heterocycles. The fourth-order valence-corrected chi connectivity index (χ4v) is 3.59. The molecule has 0 saturated carbocycles. The van der Waals surface area contributed by atoms with Gasteiger partial charge in [0.05, 0.1) is 32.8 Å². The number of rotatable bonds is 6. The van der Waals surface area contributed by atoms with Gasteiger partial charge in [0.25, 0.3) is 5.56 Å². The molecule has 0 fully saturated rings. The van der Waals surface area contributed by atoms with E-state index < -0.39 is 47.1 Å². The number of carbonyl (C=O) groups is 1. The van der Waals surface area contributed by atoms with Crippen molar-refractivity contribution in [2.75, 3.05) is 0 Å². The van der Waals surface area contributed by atoms with E-state index in [9.17, 15) is 40.6 Å². The van der Waals surface area contributed by atoms with Crippen LogP contribution < -0.4 is 99.3 Å². The van der Waals surface area contributed by atoms with E-state index in [4.69, 9.17) is 0 Å². The van der Waals surface area contributed by atoms with Gasteiger partial charge in [-0.05, 0) is 49.4 Å². The monoisotopic (exact) mass is 548 g/mol. The molecule has 2 aromatic carbocycles. The number of carboxylic acid groups (broad SMARTS) is 1. The van der Waals surface area contributed by atoms with Crippen molar-refractivity contribution in [3.8, 4) is 5.69 Å². The molecule has 1 N–H and O–H groups in total. The van der Waals surface area contributed by atoms with E-state index in [1.54, 1.807) is 0 Å². The molecule has 0 unspecified atom stereocenters. The van der Waals surface area contributed by atoms with Crippen molar-refractivity contribution in [2.24, 2.45) is 10.2 Å². The molecule has 1 aromatic heterocycles. The van der Waals surface area contributed by atoms with E-state index in [0.29, 0.717) is 6.07 Å². The van der Waals surface area contributed by atoms with Gasteiger partial charge in [0.1, 0.15) is 20.2 Å². The SMILES string of the molecule is Cc1[nH]n(-c2ccc(S(=O)(=O)[O-])cc2)c(=O)c1N=Nc1ccc(S(=O)(=O)[O-])cc1C(=O)[O-].[Na+].[Na+].[Na+]. The van der Waals surface area contributed by atoms with Crippen molar-refractivity contribution in [1.29, 1.82) is 0 Å². The number of carboxylic acids is 1. The quantitative estimate of drug-likeness (QED) is 0.175. The molecule has 3 rings (SSSR count). The number of azo groups is 1. The molecular weight excluding hydrogens is 537 g/mol. The van der Waals surface area contributed by atoms with Gasteiger partial charge in [-0.15, -0.1) is 10.2 Å². The number of aryl methyl sites for hydroxylation is 1. The Balaban J connectivity index is 0.00000385. The Morgan fingerprint density at radius 2 is 1.40 bits per heavy atom. The fraction of sp³-hybridized carbons (Fsp3) is 0.0588. The van der Waals surface area contributed by atoms with E-state index in [0.717, 1.165) is 28.9 Å². The summed E-state index contributed by atoms with van der Waals surface area (Å²) in [5.41, 5.74) is -1.70. The average Bonchev–Trinajstić information content (AvgIpc) is 2.98. The van der Waals surface area contributed by atoms with Gasteiger partial charge in [0.2, 0.25) is 0 Å². The first-order valence-electron chi connectivity index (χ1n) is 8.40. The fourth-order valence-electron chi connectivity index (χ4n) is 2.62. The first kappa shape index (κ1) is 34.3. The minimum atomic E-state index is -4.92. The molecule has 35 heavy (non-hydrogen) atoms. The zero-order valence-corrected chi connectivity index (χ0v) is 26.5. The third-order valence-electron chi connectivity index (χ3n) is 4.16. The predicted molar refractivity (Wildman–Crippen MR) is 102 cm³/mol. The van der Waals surface area contributed by atoms with Crippen LogP contribution in [0.2, 0.25) is 0 Å².